The summed E-state index contributed by atoms with van der Waals surface area (Å²) in [7, 11) is -1.40. The Bertz CT molecular complexity index is 438. The molecule has 2 nitrogen and oxygen atoms in total. The first-order chi connectivity index (χ1) is 7.30. The van der Waals surface area contributed by atoms with Crippen LogP contribution in [0.2, 0.25) is 0 Å². The van der Waals surface area contributed by atoms with Crippen LogP contribution in [0, 0.1) is 11.6 Å². The predicted molar refractivity (Wildman–Crippen MR) is 61.8 cm³/mol. The van der Waals surface area contributed by atoms with E-state index in [4.69, 9.17) is 0 Å². The molecule has 0 unspecified atom stereocenters. The fraction of sp³-hybridized carbons (Fsp3) is 0.364. The molecule has 88 valence electrons. The van der Waals surface area contributed by atoms with Crippen LogP contribution in [0.15, 0.2) is 22.6 Å². The Balaban J connectivity index is 2.85. The molecule has 1 aromatic carbocycles. The van der Waals surface area contributed by atoms with Crippen LogP contribution in [0.4, 0.5) is 8.78 Å². The largest absolute Gasteiger partial charge is 0.234 e. The van der Waals surface area contributed by atoms with Crippen LogP contribution in [0.1, 0.15) is 26.3 Å². The summed E-state index contributed by atoms with van der Waals surface area (Å²) in [6.45, 7) is 5.35. The van der Waals surface area contributed by atoms with Gasteiger partial charge < -0.3 is 0 Å². The van der Waals surface area contributed by atoms with Crippen LogP contribution in [-0.4, -0.2) is 15.2 Å². The van der Waals surface area contributed by atoms with E-state index in [0.717, 1.165) is 12.1 Å². The smallest absolute Gasteiger partial charge is 0.159 e. The van der Waals surface area contributed by atoms with E-state index in [0.29, 0.717) is 5.56 Å². The van der Waals surface area contributed by atoms with Gasteiger partial charge in [0.05, 0.1) is 4.75 Å². The molecule has 0 aliphatic rings. The second kappa shape index (κ2) is 4.82. The first-order valence-corrected chi connectivity index (χ1v) is 5.82. The first kappa shape index (κ1) is 13.0. The van der Waals surface area contributed by atoms with Crippen molar-refractivity contribution in [3.63, 3.8) is 0 Å². The van der Waals surface area contributed by atoms with E-state index in [1.165, 1.54) is 12.3 Å². The van der Waals surface area contributed by atoms with Gasteiger partial charge in [-0.15, -0.1) is 0 Å². The molecule has 1 aromatic rings. The quantitative estimate of drug-likeness (QED) is 0.737. The van der Waals surface area contributed by atoms with Gasteiger partial charge in [0.15, 0.2) is 11.6 Å². The summed E-state index contributed by atoms with van der Waals surface area (Å²) in [5.74, 6) is -1.85. The van der Waals surface area contributed by atoms with Crippen molar-refractivity contribution in [2.75, 3.05) is 0 Å². The van der Waals surface area contributed by atoms with Crippen LogP contribution in [0.25, 0.3) is 0 Å². The molecule has 0 radical (unpaired) electrons. The SMILES string of the molecule is CC(C)(C)[S@@](=O)N=Cc1ccc(F)c(F)c1. The Kier molecular flexibility index (Phi) is 3.91. The summed E-state index contributed by atoms with van der Waals surface area (Å²) >= 11 is 0. The van der Waals surface area contributed by atoms with Crippen molar-refractivity contribution in [3.8, 4) is 0 Å². The molecule has 0 spiro atoms. The van der Waals surface area contributed by atoms with Gasteiger partial charge in [0.2, 0.25) is 0 Å². The topological polar surface area (TPSA) is 29.4 Å². The van der Waals surface area contributed by atoms with Gasteiger partial charge in [0, 0.05) is 6.21 Å². The molecule has 1 atom stereocenters. The molecule has 0 aliphatic carbocycles. The van der Waals surface area contributed by atoms with Crippen molar-refractivity contribution in [2.45, 2.75) is 25.5 Å². The minimum atomic E-state index is -1.40. The molecular weight excluding hydrogens is 232 g/mol. The minimum absolute atomic E-state index is 0.386. The monoisotopic (exact) mass is 245 g/mol. The van der Waals surface area contributed by atoms with Crippen LogP contribution >= 0.6 is 0 Å². The van der Waals surface area contributed by atoms with Crippen molar-refractivity contribution in [1.29, 1.82) is 0 Å². The number of halogens is 2. The molecule has 0 aromatic heterocycles. The van der Waals surface area contributed by atoms with Gasteiger partial charge in [0.1, 0.15) is 11.0 Å². The van der Waals surface area contributed by atoms with E-state index in [1.807, 2.05) is 0 Å². The van der Waals surface area contributed by atoms with E-state index < -0.39 is 27.4 Å². The fourth-order valence-electron chi connectivity index (χ4n) is 0.860. The van der Waals surface area contributed by atoms with E-state index >= 15 is 0 Å². The van der Waals surface area contributed by atoms with Crippen molar-refractivity contribution < 1.29 is 13.0 Å². The average molecular weight is 245 g/mol. The minimum Gasteiger partial charge on any atom is -0.234 e. The second-order valence-electron chi connectivity index (χ2n) is 4.27. The Hall–Kier alpha value is -1.10. The summed E-state index contributed by atoms with van der Waals surface area (Å²) in [4.78, 5) is 0. The highest BCUT2D eigenvalue weighted by Gasteiger charge is 2.18. The molecule has 0 saturated heterocycles. The Morgan fingerprint density at radius 3 is 2.38 bits per heavy atom. The second-order valence-corrected chi connectivity index (χ2v) is 6.20. The number of hydrogen-bond acceptors (Lipinski definition) is 1. The molecule has 0 amide bonds. The number of hydrogen-bond donors (Lipinski definition) is 0. The van der Waals surface area contributed by atoms with Gasteiger partial charge in [-0.1, -0.05) is 6.07 Å². The van der Waals surface area contributed by atoms with Gasteiger partial charge in [-0.2, -0.15) is 4.40 Å². The molecule has 16 heavy (non-hydrogen) atoms. The zero-order valence-electron chi connectivity index (χ0n) is 9.33. The van der Waals surface area contributed by atoms with Gasteiger partial charge in [0.25, 0.3) is 0 Å². The van der Waals surface area contributed by atoms with E-state index in [-0.39, 0.29) is 0 Å². The van der Waals surface area contributed by atoms with Crippen molar-refractivity contribution in [3.05, 3.63) is 35.4 Å². The summed E-state index contributed by atoms with van der Waals surface area (Å²) in [5.41, 5.74) is 0.386. The molecule has 0 aliphatic heterocycles. The molecule has 1 rings (SSSR count). The van der Waals surface area contributed by atoms with Crippen LogP contribution in [-0.2, 0) is 11.0 Å². The Labute approximate surface area is 96.0 Å². The highest BCUT2D eigenvalue weighted by molar-refractivity contribution is 7.85. The zero-order chi connectivity index (χ0) is 12.3. The lowest BCUT2D eigenvalue weighted by molar-refractivity contribution is 0.508. The summed E-state index contributed by atoms with van der Waals surface area (Å²) in [5, 5.41) is 0. The molecule has 0 saturated carbocycles. The summed E-state index contributed by atoms with van der Waals surface area (Å²) in [6, 6.07) is 3.40. The molecule has 0 N–H and O–H groups in total. The fourth-order valence-corrected chi connectivity index (χ4v) is 1.39. The maximum atomic E-state index is 12.8. The average Bonchev–Trinajstić information content (AvgIpc) is 2.18. The zero-order valence-corrected chi connectivity index (χ0v) is 10.1. The molecular formula is C11H13F2NOS. The lowest BCUT2D eigenvalue weighted by Gasteiger charge is -2.12. The third-order valence-electron chi connectivity index (χ3n) is 1.77. The Morgan fingerprint density at radius 1 is 1.25 bits per heavy atom. The van der Waals surface area contributed by atoms with E-state index in [9.17, 15) is 13.0 Å². The van der Waals surface area contributed by atoms with Gasteiger partial charge in [-0.25, -0.2) is 13.0 Å². The first-order valence-electron chi connectivity index (χ1n) is 4.72. The maximum absolute atomic E-state index is 12.8. The van der Waals surface area contributed by atoms with Crippen LogP contribution in [0.5, 0.6) is 0 Å². The molecule has 0 bridgehead atoms. The third-order valence-corrected chi connectivity index (χ3v) is 3.11. The summed E-state index contributed by atoms with van der Waals surface area (Å²) < 4.78 is 40.3. The van der Waals surface area contributed by atoms with E-state index in [1.54, 1.807) is 20.8 Å². The molecule has 0 heterocycles. The normalized spacial score (nSPS) is 14.3. The van der Waals surface area contributed by atoms with Crippen molar-refractivity contribution in [1.82, 2.24) is 0 Å². The lowest BCUT2D eigenvalue weighted by Crippen LogP contribution is -2.19. The Morgan fingerprint density at radius 2 is 1.88 bits per heavy atom. The maximum Gasteiger partial charge on any atom is 0.159 e. The number of rotatable bonds is 2. The highest BCUT2D eigenvalue weighted by Crippen LogP contribution is 2.12. The standard InChI is InChI=1S/C11H13F2NOS/c1-11(2,3)16(15)14-7-8-4-5-9(12)10(13)6-8/h4-7H,1-3H3/t16-/m1/s1. The van der Waals surface area contributed by atoms with Gasteiger partial charge in [-0.05, 0) is 38.5 Å². The lowest BCUT2D eigenvalue weighted by atomic mass is 10.2. The molecule has 5 heteroatoms. The predicted octanol–water partition coefficient (Wildman–Crippen LogP) is 2.85. The summed E-state index contributed by atoms with van der Waals surface area (Å²) in [6.07, 6.45) is 1.28. The third kappa shape index (κ3) is 3.48. The van der Waals surface area contributed by atoms with Crippen LogP contribution in [0.3, 0.4) is 0 Å². The van der Waals surface area contributed by atoms with E-state index in [2.05, 4.69) is 4.40 Å². The van der Waals surface area contributed by atoms with Gasteiger partial charge >= 0.3 is 0 Å². The van der Waals surface area contributed by atoms with Crippen molar-refractivity contribution >= 4 is 17.2 Å². The number of nitrogens with zero attached hydrogens (tertiary/aromatic N) is 1. The molecule has 0 fully saturated rings. The highest BCUT2D eigenvalue weighted by atomic mass is 32.2. The van der Waals surface area contributed by atoms with Crippen molar-refractivity contribution in [2.24, 2.45) is 4.40 Å². The number of benzene rings is 1. The van der Waals surface area contributed by atoms with Crippen LogP contribution < -0.4 is 0 Å². The van der Waals surface area contributed by atoms with Gasteiger partial charge in [-0.3, -0.25) is 0 Å².